The number of anilines is 1. The van der Waals surface area contributed by atoms with Crippen molar-refractivity contribution in [3.63, 3.8) is 0 Å². The van der Waals surface area contributed by atoms with Gasteiger partial charge in [-0.15, -0.1) is 0 Å². The fourth-order valence-electron chi connectivity index (χ4n) is 3.09. The zero-order valence-corrected chi connectivity index (χ0v) is 17.7. The van der Waals surface area contributed by atoms with E-state index in [-0.39, 0.29) is 25.9 Å². The van der Waals surface area contributed by atoms with Crippen LogP contribution in [0.5, 0.6) is 11.5 Å². The molecule has 30 heavy (non-hydrogen) atoms. The predicted octanol–water partition coefficient (Wildman–Crippen LogP) is 2.80. The number of thiazole rings is 1. The maximum absolute atomic E-state index is 12.8. The highest BCUT2D eigenvalue weighted by atomic mass is 32.1. The molecule has 156 valence electrons. The minimum atomic E-state index is -0.404. The lowest BCUT2D eigenvalue weighted by Gasteiger charge is -2.11. The van der Waals surface area contributed by atoms with Gasteiger partial charge < -0.3 is 23.7 Å². The lowest BCUT2D eigenvalue weighted by molar-refractivity contribution is -0.143. The lowest BCUT2D eigenvalue weighted by atomic mass is 10.2. The second-order valence-corrected chi connectivity index (χ2v) is 7.82. The Morgan fingerprint density at radius 3 is 2.53 bits per heavy atom. The minimum Gasteiger partial charge on any atom is -0.465 e. The Labute approximate surface area is 176 Å². The highest BCUT2D eigenvalue weighted by molar-refractivity contribution is 7.16. The van der Waals surface area contributed by atoms with Crippen LogP contribution in [0.3, 0.4) is 0 Å². The molecule has 8 nitrogen and oxygen atoms in total. The van der Waals surface area contributed by atoms with Crippen LogP contribution in [-0.4, -0.2) is 43.9 Å². The molecule has 0 saturated carbocycles. The SMILES string of the molecule is CCOC(=O)Cn1c(=NC(=O)c2ccc(N(C)C)cc2)sc2cc3c(cc21)OCO3. The third-order valence-electron chi connectivity index (χ3n) is 4.60. The summed E-state index contributed by atoms with van der Waals surface area (Å²) in [7, 11) is 3.86. The number of carbonyl (C=O) groups excluding carboxylic acids is 2. The van der Waals surface area contributed by atoms with Gasteiger partial charge in [-0.3, -0.25) is 9.59 Å². The maximum Gasteiger partial charge on any atom is 0.326 e. The number of nitrogens with zero attached hydrogens (tertiary/aromatic N) is 3. The molecule has 1 aliphatic heterocycles. The Morgan fingerprint density at radius 1 is 1.17 bits per heavy atom. The van der Waals surface area contributed by atoms with Crippen molar-refractivity contribution in [2.24, 2.45) is 4.99 Å². The van der Waals surface area contributed by atoms with Crippen molar-refractivity contribution in [2.45, 2.75) is 13.5 Å². The van der Waals surface area contributed by atoms with E-state index in [1.807, 2.05) is 37.2 Å². The van der Waals surface area contributed by atoms with Crippen molar-refractivity contribution in [3.8, 4) is 11.5 Å². The van der Waals surface area contributed by atoms with Crippen molar-refractivity contribution in [3.05, 3.63) is 46.8 Å². The average molecular weight is 427 g/mol. The first-order valence-corrected chi connectivity index (χ1v) is 10.2. The molecule has 0 spiro atoms. The van der Waals surface area contributed by atoms with Crippen LogP contribution in [0.4, 0.5) is 5.69 Å². The van der Waals surface area contributed by atoms with Crippen LogP contribution < -0.4 is 19.2 Å². The molecule has 0 atom stereocenters. The van der Waals surface area contributed by atoms with Gasteiger partial charge in [-0.05, 0) is 31.2 Å². The minimum absolute atomic E-state index is 0.0564. The number of benzene rings is 2. The van der Waals surface area contributed by atoms with Gasteiger partial charge in [-0.25, -0.2) is 0 Å². The fourth-order valence-corrected chi connectivity index (χ4v) is 4.13. The molecule has 0 radical (unpaired) electrons. The van der Waals surface area contributed by atoms with Crippen molar-refractivity contribution < 1.29 is 23.8 Å². The maximum atomic E-state index is 12.8. The van der Waals surface area contributed by atoms with Gasteiger partial charge in [0.1, 0.15) is 6.54 Å². The van der Waals surface area contributed by atoms with E-state index >= 15 is 0 Å². The number of hydrogen-bond donors (Lipinski definition) is 0. The van der Waals surface area contributed by atoms with Crippen molar-refractivity contribution in [2.75, 3.05) is 32.4 Å². The van der Waals surface area contributed by atoms with Crippen molar-refractivity contribution in [1.82, 2.24) is 4.57 Å². The summed E-state index contributed by atoms with van der Waals surface area (Å²) in [5.41, 5.74) is 2.18. The van der Waals surface area contributed by atoms with Gasteiger partial charge in [0.15, 0.2) is 16.3 Å². The predicted molar refractivity (Wildman–Crippen MR) is 113 cm³/mol. The lowest BCUT2D eigenvalue weighted by Crippen LogP contribution is -2.23. The molecular weight excluding hydrogens is 406 g/mol. The molecule has 0 N–H and O–H groups in total. The first kappa shape index (κ1) is 20.0. The van der Waals surface area contributed by atoms with Gasteiger partial charge in [0.05, 0.1) is 16.8 Å². The number of esters is 1. The average Bonchev–Trinajstić information content (AvgIpc) is 3.30. The number of ether oxygens (including phenoxy) is 3. The summed E-state index contributed by atoms with van der Waals surface area (Å²) in [6, 6.07) is 10.8. The van der Waals surface area contributed by atoms with E-state index in [9.17, 15) is 9.59 Å². The Morgan fingerprint density at radius 2 is 1.87 bits per heavy atom. The zero-order chi connectivity index (χ0) is 21.3. The quantitative estimate of drug-likeness (QED) is 0.583. The fraction of sp³-hybridized carbons (Fsp3) is 0.286. The molecule has 1 aliphatic rings. The zero-order valence-electron chi connectivity index (χ0n) is 16.9. The molecule has 0 unspecified atom stereocenters. The number of amides is 1. The topological polar surface area (TPSA) is 82.4 Å². The third kappa shape index (κ3) is 3.88. The Bertz CT molecular complexity index is 1180. The van der Waals surface area contributed by atoms with Gasteiger partial charge in [0.25, 0.3) is 5.91 Å². The van der Waals surface area contributed by atoms with Gasteiger partial charge in [0.2, 0.25) is 6.79 Å². The summed E-state index contributed by atoms with van der Waals surface area (Å²) in [4.78, 5) is 31.6. The van der Waals surface area contributed by atoms with Crippen LogP contribution in [-0.2, 0) is 16.1 Å². The molecule has 2 heterocycles. The van der Waals surface area contributed by atoms with Gasteiger partial charge >= 0.3 is 5.97 Å². The van der Waals surface area contributed by atoms with Gasteiger partial charge in [0, 0.05) is 37.5 Å². The second-order valence-electron chi connectivity index (χ2n) is 6.81. The number of carbonyl (C=O) groups is 2. The van der Waals surface area contributed by atoms with E-state index in [0.29, 0.717) is 21.9 Å². The van der Waals surface area contributed by atoms with Crippen LogP contribution >= 0.6 is 11.3 Å². The van der Waals surface area contributed by atoms with Crippen LogP contribution in [0.25, 0.3) is 10.2 Å². The molecule has 0 aliphatic carbocycles. The number of rotatable bonds is 5. The van der Waals surface area contributed by atoms with Crippen molar-refractivity contribution >= 4 is 39.1 Å². The molecule has 1 aromatic heterocycles. The smallest absolute Gasteiger partial charge is 0.326 e. The summed E-state index contributed by atoms with van der Waals surface area (Å²) >= 11 is 1.30. The highest BCUT2D eigenvalue weighted by Crippen LogP contribution is 2.37. The Kier molecular flexibility index (Phi) is 5.45. The normalized spacial score (nSPS) is 13.0. The molecule has 3 aromatic rings. The summed E-state index contributed by atoms with van der Waals surface area (Å²) in [6.07, 6.45) is 0. The molecule has 0 bridgehead atoms. The summed E-state index contributed by atoms with van der Waals surface area (Å²) in [5, 5.41) is 0. The largest absolute Gasteiger partial charge is 0.465 e. The molecule has 2 aromatic carbocycles. The van der Waals surface area contributed by atoms with E-state index in [4.69, 9.17) is 14.2 Å². The van der Waals surface area contributed by atoms with E-state index in [2.05, 4.69) is 4.99 Å². The standard InChI is InChI=1S/C21H21N3O5S/c1-4-27-19(25)11-24-15-9-16-17(29-12-28-16)10-18(15)30-21(24)22-20(26)13-5-7-14(8-6-13)23(2)3/h5-10H,4,11-12H2,1-3H3. The van der Waals surface area contributed by atoms with E-state index in [1.54, 1.807) is 29.7 Å². The van der Waals surface area contributed by atoms with Crippen LogP contribution in [0, 0.1) is 0 Å². The molecule has 1 amide bonds. The molecule has 0 saturated heterocycles. The number of aromatic nitrogens is 1. The molecular formula is C21H21N3O5S. The Hall–Kier alpha value is -3.33. The number of hydrogen-bond acceptors (Lipinski definition) is 7. The third-order valence-corrected chi connectivity index (χ3v) is 5.64. The second kappa shape index (κ2) is 8.19. The molecule has 9 heteroatoms. The van der Waals surface area contributed by atoms with Gasteiger partial charge in [-0.2, -0.15) is 4.99 Å². The Balaban J connectivity index is 1.78. The summed E-state index contributed by atoms with van der Waals surface area (Å²) in [6.45, 7) is 2.12. The monoisotopic (exact) mass is 427 g/mol. The van der Waals surface area contributed by atoms with Gasteiger partial charge in [-0.1, -0.05) is 11.3 Å². The van der Waals surface area contributed by atoms with E-state index in [0.717, 1.165) is 15.9 Å². The molecule has 4 rings (SSSR count). The van der Waals surface area contributed by atoms with E-state index < -0.39 is 5.97 Å². The first-order chi connectivity index (χ1) is 14.5. The van der Waals surface area contributed by atoms with Crippen molar-refractivity contribution in [1.29, 1.82) is 0 Å². The van der Waals surface area contributed by atoms with E-state index in [1.165, 1.54) is 11.3 Å². The highest BCUT2D eigenvalue weighted by Gasteiger charge is 2.19. The first-order valence-electron chi connectivity index (χ1n) is 9.41. The molecule has 0 fully saturated rings. The summed E-state index contributed by atoms with van der Waals surface area (Å²) in [5.74, 6) is 0.433. The summed E-state index contributed by atoms with van der Waals surface area (Å²) < 4.78 is 18.5. The number of fused-ring (bicyclic) bond motifs is 2. The van der Waals surface area contributed by atoms with Crippen LogP contribution in [0.2, 0.25) is 0 Å². The van der Waals surface area contributed by atoms with Crippen LogP contribution in [0.15, 0.2) is 41.4 Å². The van der Waals surface area contributed by atoms with Crippen LogP contribution in [0.1, 0.15) is 17.3 Å².